The molecule has 0 spiro atoms. The van der Waals surface area contributed by atoms with E-state index >= 15 is 0 Å². The van der Waals surface area contributed by atoms with E-state index in [4.69, 9.17) is 4.74 Å². The molecule has 0 unspecified atom stereocenters. The first kappa shape index (κ1) is 17.3. The topological polar surface area (TPSA) is 86.7 Å². The second-order valence-electron chi connectivity index (χ2n) is 5.33. The lowest BCUT2D eigenvalue weighted by molar-refractivity contribution is -0.156. The average molecular weight is 314 g/mol. The van der Waals surface area contributed by atoms with E-state index in [1.54, 1.807) is 39.0 Å². The molecule has 0 saturated heterocycles. The van der Waals surface area contributed by atoms with Gasteiger partial charge in [-0.1, -0.05) is 18.2 Å². The van der Waals surface area contributed by atoms with Gasteiger partial charge in [-0.15, -0.1) is 0 Å². The SMILES string of the molecule is CC(C)(C)OC(=O)CC(=O)COS(=O)(=O)c1ccccc1. The number of rotatable bonds is 6. The van der Waals surface area contributed by atoms with Crippen molar-refractivity contribution < 1.29 is 26.9 Å². The molecule has 1 aromatic rings. The molecule has 0 radical (unpaired) electrons. The van der Waals surface area contributed by atoms with Crippen LogP contribution in [0.25, 0.3) is 0 Å². The normalized spacial score (nSPS) is 12.0. The molecule has 1 rings (SSSR count). The molecule has 116 valence electrons. The van der Waals surface area contributed by atoms with Crippen molar-refractivity contribution in [1.82, 2.24) is 0 Å². The number of esters is 1. The number of carbonyl (C=O) groups is 2. The summed E-state index contributed by atoms with van der Waals surface area (Å²) in [5.74, 6) is -1.38. The minimum absolute atomic E-state index is 0.0462. The minimum Gasteiger partial charge on any atom is -0.460 e. The number of hydrogen-bond donors (Lipinski definition) is 0. The predicted octanol–water partition coefficient (Wildman–Crippen LogP) is 1.69. The van der Waals surface area contributed by atoms with E-state index in [0.29, 0.717) is 0 Å². The Bertz CT molecular complexity index is 598. The third kappa shape index (κ3) is 6.50. The Hall–Kier alpha value is -1.73. The van der Waals surface area contributed by atoms with Crippen LogP contribution in [0.15, 0.2) is 35.2 Å². The summed E-state index contributed by atoms with van der Waals surface area (Å²) in [6.07, 6.45) is -0.526. The van der Waals surface area contributed by atoms with Crippen molar-refractivity contribution in [3.05, 3.63) is 30.3 Å². The van der Waals surface area contributed by atoms with E-state index in [0.717, 1.165) is 0 Å². The van der Waals surface area contributed by atoms with Crippen LogP contribution in [0, 0.1) is 0 Å². The van der Waals surface area contributed by atoms with Gasteiger partial charge in [-0.3, -0.25) is 13.8 Å². The first-order valence-corrected chi connectivity index (χ1v) is 7.69. The van der Waals surface area contributed by atoms with Gasteiger partial charge in [0.1, 0.15) is 18.6 Å². The summed E-state index contributed by atoms with van der Waals surface area (Å²) in [6, 6.07) is 7.45. The van der Waals surface area contributed by atoms with Gasteiger partial charge in [0.2, 0.25) is 0 Å². The van der Waals surface area contributed by atoms with Gasteiger partial charge in [0.25, 0.3) is 10.1 Å². The number of ether oxygens (including phenoxy) is 1. The van der Waals surface area contributed by atoms with Crippen molar-refractivity contribution >= 4 is 21.9 Å². The molecule has 0 aromatic heterocycles. The van der Waals surface area contributed by atoms with Crippen molar-refractivity contribution in [3.63, 3.8) is 0 Å². The zero-order valence-electron chi connectivity index (χ0n) is 12.2. The predicted molar refractivity (Wildman–Crippen MR) is 75.0 cm³/mol. The smallest absolute Gasteiger partial charge is 0.313 e. The maximum absolute atomic E-state index is 11.8. The number of Topliss-reactive ketones (excluding diaryl/α,β-unsaturated/α-hetero) is 1. The Balaban J connectivity index is 2.52. The van der Waals surface area contributed by atoms with E-state index in [1.165, 1.54) is 12.1 Å². The molecule has 0 heterocycles. The third-order valence-corrected chi connectivity index (χ3v) is 3.45. The molecule has 0 N–H and O–H groups in total. The number of hydrogen-bond acceptors (Lipinski definition) is 6. The summed E-state index contributed by atoms with van der Waals surface area (Å²) in [6.45, 7) is 4.32. The second kappa shape index (κ2) is 6.82. The van der Waals surface area contributed by atoms with Gasteiger partial charge >= 0.3 is 5.97 Å². The first-order valence-electron chi connectivity index (χ1n) is 6.28. The van der Waals surface area contributed by atoms with Gasteiger partial charge in [0, 0.05) is 0 Å². The molecule has 7 heteroatoms. The second-order valence-corrected chi connectivity index (χ2v) is 6.95. The van der Waals surface area contributed by atoms with Crippen molar-refractivity contribution in [2.75, 3.05) is 6.61 Å². The molecular formula is C14H18O6S. The van der Waals surface area contributed by atoms with Gasteiger partial charge in [-0.2, -0.15) is 8.42 Å². The molecule has 0 bridgehead atoms. The Morgan fingerprint density at radius 2 is 1.67 bits per heavy atom. The van der Waals surface area contributed by atoms with Gasteiger partial charge in [-0.05, 0) is 32.9 Å². The molecule has 0 aliphatic heterocycles. The van der Waals surface area contributed by atoms with Gasteiger partial charge < -0.3 is 4.74 Å². The van der Waals surface area contributed by atoms with Gasteiger partial charge in [0.15, 0.2) is 5.78 Å². The fourth-order valence-electron chi connectivity index (χ4n) is 1.39. The highest BCUT2D eigenvalue weighted by molar-refractivity contribution is 7.86. The molecule has 0 aliphatic carbocycles. The Kier molecular flexibility index (Phi) is 5.62. The fourth-order valence-corrected chi connectivity index (χ4v) is 2.30. The van der Waals surface area contributed by atoms with Crippen LogP contribution in [0.4, 0.5) is 0 Å². The Morgan fingerprint density at radius 1 is 1.10 bits per heavy atom. The Morgan fingerprint density at radius 3 is 2.19 bits per heavy atom. The average Bonchev–Trinajstić information content (AvgIpc) is 2.35. The van der Waals surface area contributed by atoms with Crippen molar-refractivity contribution in [2.24, 2.45) is 0 Å². The largest absolute Gasteiger partial charge is 0.460 e. The zero-order chi connectivity index (χ0) is 16.1. The van der Waals surface area contributed by atoms with E-state index in [-0.39, 0.29) is 4.90 Å². The summed E-state index contributed by atoms with van der Waals surface area (Å²) < 4.78 is 33.1. The maximum Gasteiger partial charge on any atom is 0.313 e. The fraction of sp³-hybridized carbons (Fsp3) is 0.429. The minimum atomic E-state index is -4.00. The number of ketones is 1. The Labute approximate surface area is 124 Å². The number of benzene rings is 1. The summed E-state index contributed by atoms with van der Waals surface area (Å²) in [4.78, 5) is 22.9. The lowest BCUT2D eigenvalue weighted by Crippen LogP contribution is -2.26. The van der Waals surface area contributed by atoms with Gasteiger partial charge in [-0.25, -0.2) is 0 Å². The molecule has 0 atom stereocenters. The van der Waals surface area contributed by atoms with Crippen LogP contribution in [0.2, 0.25) is 0 Å². The zero-order valence-corrected chi connectivity index (χ0v) is 13.0. The van der Waals surface area contributed by atoms with Crippen LogP contribution in [0.5, 0.6) is 0 Å². The summed E-state index contributed by atoms with van der Waals surface area (Å²) in [5.41, 5.74) is -0.700. The molecule has 0 aliphatic rings. The van der Waals surface area contributed by atoms with Crippen LogP contribution in [0.3, 0.4) is 0 Å². The number of carbonyl (C=O) groups excluding carboxylic acids is 2. The first-order chi connectivity index (χ1) is 9.60. The molecule has 1 aromatic carbocycles. The lowest BCUT2D eigenvalue weighted by atomic mass is 10.2. The molecule has 0 fully saturated rings. The van der Waals surface area contributed by atoms with Crippen LogP contribution in [-0.2, 0) is 28.6 Å². The van der Waals surface area contributed by atoms with Crippen LogP contribution >= 0.6 is 0 Å². The molecule has 6 nitrogen and oxygen atoms in total. The van der Waals surface area contributed by atoms with Crippen LogP contribution < -0.4 is 0 Å². The standard InChI is InChI=1S/C14H18O6S/c1-14(2,3)20-13(16)9-11(15)10-19-21(17,18)12-7-5-4-6-8-12/h4-8H,9-10H2,1-3H3. The summed E-state index contributed by atoms with van der Waals surface area (Å²) in [5, 5.41) is 0. The molecule has 0 amide bonds. The van der Waals surface area contributed by atoms with E-state index in [2.05, 4.69) is 4.18 Å². The highest BCUT2D eigenvalue weighted by Gasteiger charge is 2.21. The monoisotopic (exact) mass is 314 g/mol. The maximum atomic E-state index is 11.8. The van der Waals surface area contributed by atoms with Gasteiger partial charge in [0.05, 0.1) is 4.90 Å². The lowest BCUT2D eigenvalue weighted by Gasteiger charge is -2.19. The highest BCUT2D eigenvalue weighted by atomic mass is 32.2. The van der Waals surface area contributed by atoms with Crippen molar-refractivity contribution in [2.45, 2.75) is 37.7 Å². The highest BCUT2D eigenvalue weighted by Crippen LogP contribution is 2.12. The quantitative estimate of drug-likeness (QED) is 0.451. The summed E-state index contributed by atoms with van der Waals surface area (Å²) >= 11 is 0. The van der Waals surface area contributed by atoms with Crippen LogP contribution in [-0.4, -0.2) is 32.4 Å². The van der Waals surface area contributed by atoms with Crippen molar-refractivity contribution in [1.29, 1.82) is 0 Å². The molecular weight excluding hydrogens is 296 g/mol. The summed E-state index contributed by atoms with van der Waals surface area (Å²) in [7, 11) is -4.00. The third-order valence-electron chi connectivity index (χ3n) is 2.17. The molecule has 0 saturated carbocycles. The van der Waals surface area contributed by atoms with E-state index in [1.807, 2.05) is 0 Å². The molecule has 21 heavy (non-hydrogen) atoms. The van der Waals surface area contributed by atoms with Crippen molar-refractivity contribution in [3.8, 4) is 0 Å². The van der Waals surface area contributed by atoms with E-state index < -0.39 is 40.5 Å². The van der Waals surface area contributed by atoms with E-state index in [9.17, 15) is 18.0 Å². The van der Waals surface area contributed by atoms with Crippen LogP contribution in [0.1, 0.15) is 27.2 Å².